The SMILES string of the molecule is CCCCN1C(=O)C2C(CC(N)=O)NC3(C(=O)Nc4c(Cl)cc(C)cc43)C2C1=O. The van der Waals surface area contributed by atoms with Crippen LogP contribution in [0.5, 0.6) is 0 Å². The first-order valence-electron chi connectivity index (χ1n) is 9.75. The van der Waals surface area contributed by atoms with Crippen LogP contribution < -0.4 is 16.4 Å². The standard InChI is InChI=1S/C20H23ClN4O4/c1-3-4-5-25-17(27)14-12(8-13(22)26)24-20(15(14)18(25)28)10-6-9(2)7-11(21)16(10)23-19(20)29/h6-7,12,14-15,24H,3-5,8H2,1-2H3,(H2,22,26)(H,23,29). The number of hydrogen-bond acceptors (Lipinski definition) is 5. The van der Waals surface area contributed by atoms with E-state index in [0.29, 0.717) is 29.2 Å². The highest BCUT2D eigenvalue weighted by atomic mass is 35.5. The van der Waals surface area contributed by atoms with E-state index in [1.54, 1.807) is 12.1 Å². The van der Waals surface area contributed by atoms with Crippen LogP contribution in [0.4, 0.5) is 5.69 Å². The number of anilines is 1. The molecule has 1 aromatic carbocycles. The smallest absolute Gasteiger partial charge is 0.250 e. The zero-order chi connectivity index (χ0) is 21.1. The fourth-order valence-corrected chi connectivity index (χ4v) is 5.30. The molecule has 4 unspecified atom stereocenters. The summed E-state index contributed by atoms with van der Waals surface area (Å²) in [6.45, 7) is 4.10. The third-order valence-electron chi connectivity index (χ3n) is 6.17. The average molecular weight is 419 g/mol. The van der Waals surface area contributed by atoms with Gasteiger partial charge in [0.05, 0.1) is 22.5 Å². The van der Waals surface area contributed by atoms with Crippen LogP contribution in [0, 0.1) is 18.8 Å². The normalized spacial score (nSPS) is 30.1. The topological polar surface area (TPSA) is 122 Å². The lowest BCUT2D eigenvalue weighted by atomic mass is 9.76. The molecule has 3 aliphatic rings. The van der Waals surface area contributed by atoms with Gasteiger partial charge in [-0.05, 0) is 25.0 Å². The van der Waals surface area contributed by atoms with E-state index < -0.39 is 41.1 Å². The minimum atomic E-state index is -1.45. The van der Waals surface area contributed by atoms with Gasteiger partial charge in [0.15, 0.2) is 0 Å². The molecule has 3 aliphatic heterocycles. The molecule has 0 bridgehead atoms. The van der Waals surface area contributed by atoms with Crippen LogP contribution in [0.15, 0.2) is 12.1 Å². The number of hydrogen-bond donors (Lipinski definition) is 3. The van der Waals surface area contributed by atoms with Crippen LogP contribution in [0.2, 0.25) is 5.02 Å². The van der Waals surface area contributed by atoms with E-state index in [-0.39, 0.29) is 12.3 Å². The Bertz CT molecular complexity index is 949. The number of nitrogens with two attached hydrogens (primary N) is 1. The summed E-state index contributed by atoms with van der Waals surface area (Å²) >= 11 is 6.35. The highest BCUT2D eigenvalue weighted by Crippen LogP contribution is 2.54. The number of nitrogens with zero attached hydrogens (tertiary/aromatic N) is 1. The number of rotatable bonds is 5. The Balaban J connectivity index is 1.87. The summed E-state index contributed by atoms with van der Waals surface area (Å²) in [4.78, 5) is 52.6. The molecule has 0 aromatic heterocycles. The zero-order valence-corrected chi connectivity index (χ0v) is 17.0. The van der Waals surface area contributed by atoms with E-state index in [1.165, 1.54) is 4.90 Å². The first kappa shape index (κ1) is 19.8. The third-order valence-corrected chi connectivity index (χ3v) is 6.47. The van der Waals surface area contributed by atoms with E-state index in [2.05, 4.69) is 10.6 Å². The summed E-state index contributed by atoms with van der Waals surface area (Å²) < 4.78 is 0. The van der Waals surface area contributed by atoms with Crippen LogP contribution in [-0.4, -0.2) is 41.1 Å². The largest absolute Gasteiger partial charge is 0.370 e. The Morgan fingerprint density at radius 2 is 2.00 bits per heavy atom. The molecule has 0 radical (unpaired) electrons. The van der Waals surface area contributed by atoms with Crippen molar-refractivity contribution in [3.63, 3.8) is 0 Å². The second-order valence-electron chi connectivity index (χ2n) is 8.04. The van der Waals surface area contributed by atoms with Gasteiger partial charge in [-0.2, -0.15) is 0 Å². The number of primary amides is 1. The first-order valence-corrected chi connectivity index (χ1v) is 10.1. The van der Waals surface area contributed by atoms with Gasteiger partial charge in [-0.1, -0.05) is 31.0 Å². The lowest BCUT2D eigenvalue weighted by Crippen LogP contribution is -2.53. The van der Waals surface area contributed by atoms with Crippen molar-refractivity contribution in [2.75, 3.05) is 11.9 Å². The Morgan fingerprint density at radius 1 is 1.28 bits per heavy atom. The third kappa shape index (κ3) is 2.69. The maximum absolute atomic E-state index is 13.4. The predicted octanol–water partition coefficient (Wildman–Crippen LogP) is 1.04. The summed E-state index contributed by atoms with van der Waals surface area (Å²) in [5.74, 6) is -3.58. The number of carbonyl (C=O) groups is 4. The number of fused-ring (bicyclic) bond motifs is 4. The van der Waals surface area contributed by atoms with Gasteiger partial charge >= 0.3 is 0 Å². The molecule has 4 amide bonds. The van der Waals surface area contributed by atoms with E-state index in [0.717, 1.165) is 12.0 Å². The molecule has 1 spiro atoms. The molecule has 1 aromatic rings. The summed E-state index contributed by atoms with van der Waals surface area (Å²) in [5.41, 5.74) is 5.74. The molecule has 8 nitrogen and oxygen atoms in total. The lowest BCUT2D eigenvalue weighted by Gasteiger charge is -2.29. The van der Waals surface area contributed by atoms with Gasteiger partial charge in [0.1, 0.15) is 5.54 Å². The number of unbranched alkanes of at least 4 members (excludes halogenated alkanes) is 1. The molecule has 154 valence electrons. The highest BCUT2D eigenvalue weighted by Gasteiger charge is 2.70. The van der Waals surface area contributed by atoms with E-state index in [1.807, 2.05) is 13.8 Å². The molecule has 3 heterocycles. The van der Waals surface area contributed by atoms with Gasteiger partial charge in [0.25, 0.3) is 0 Å². The van der Waals surface area contributed by atoms with Gasteiger partial charge in [0.2, 0.25) is 23.6 Å². The van der Waals surface area contributed by atoms with E-state index in [9.17, 15) is 19.2 Å². The van der Waals surface area contributed by atoms with Gasteiger partial charge < -0.3 is 11.1 Å². The minimum absolute atomic E-state index is 0.147. The van der Waals surface area contributed by atoms with Crippen molar-refractivity contribution < 1.29 is 19.2 Å². The van der Waals surface area contributed by atoms with Crippen LogP contribution in [0.3, 0.4) is 0 Å². The van der Waals surface area contributed by atoms with Gasteiger partial charge in [-0.15, -0.1) is 0 Å². The van der Waals surface area contributed by atoms with Crippen LogP contribution in [0.1, 0.15) is 37.3 Å². The first-order chi connectivity index (χ1) is 13.7. The van der Waals surface area contributed by atoms with Gasteiger partial charge in [-0.3, -0.25) is 29.4 Å². The van der Waals surface area contributed by atoms with Crippen molar-refractivity contribution in [2.45, 2.75) is 44.7 Å². The fraction of sp³-hybridized carbons (Fsp3) is 0.500. The number of halogens is 1. The fourth-order valence-electron chi connectivity index (χ4n) is 4.98. The monoisotopic (exact) mass is 418 g/mol. The Morgan fingerprint density at radius 3 is 2.66 bits per heavy atom. The molecule has 0 saturated carbocycles. The number of nitrogens with one attached hydrogen (secondary N) is 2. The molecule has 9 heteroatoms. The number of imide groups is 1. The van der Waals surface area contributed by atoms with E-state index in [4.69, 9.17) is 17.3 Å². The molecule has 0 aliphatic carbocycles. The van der Waals surface area contributed by atoms with Crippen LogP contribution in [0.25, 0.3) is 0 Å². The molecule has 4 atom stereocenters. The maximum atomic E-state index is 13.4. The van der Waals surface area contributed by atoms with E-state index >= 15 is 0 Å². The second-order valence-corrected chi connectivity index (χ2v) is 8.45. The number of aryl methyl sites for hydroxylation is 1. The summed E-state index contributed by atoms with van der Waals surface area (Å²) in [6.07, 6.45) is 1.34. The summed E-state index contributed by atoms with van der Waals surface area (Å²) in [7, 11) is 0. The lowest BCUT2D eigenvalue weighted by molar-refractivity contribution is -0.142. The molecule has 2 fully saturated rings. The molecule has 29 heavy (non-hydrogen) atoms. The highest BCUT2D eigenvalue weighted by molar-refractivity contribution is 6.35. The van der Waals surface area contributed by atoms with Crippen molar-refractivity contribution in [3.8, 4) is 0 Å². The number of carbonyl (C=O) groups excluding carboxylic acids is 4. The molecular formula is C20H23ClN4O4. The van der Waals surface area contributed by atoms with Crippen LogP contribution >= 0.6 is 11.6 Å². The number of benzene rings is 1. The minimum Gasteiger partial charge on any atom is -0.370 e. The second kappa shape index (κ2) is 6.81. The van der Waals surface area contributed by atoms with Crippen molar-refractivity contribution in [1.29, 1.82) is 0 Å². The predicted molar refractivity (Wildman–Crippen MR) is 106 cm³/mol. The summed E-state index contributed by atoms with van der Waals surface area (Å²) in [5, 5.41) is 6.29. The maximum Gasteiger partial charge on any atom is 0.250 e. The molecule has 4 N–H and O–H groups in total. The number of likely N-dealkylation sites (tertiary alicyclic amines) is 1. The summed E-state index contributed by atoms with van der Waals surface area (Å²) in [6, 6.07) is 2.81. The number of amides is 4. The Labute approximate surface area is 173 Å². The Hall–Kier alpha value is -2.45. The molecular weight excluding hydrogens is 396 g/mol. The van der Waals surface area contributed by atoms with Crippen molar-refractivity contribution >= 4 is 40.9 Å². The quantitative estimate of drug-likeness (QED) is 0.617. The van der Waals surface area contributed by atoms with Crippen molar-refractivity contribution in [2.24, 2.45) is 17.6 Å². The van der Waals surface area contributed by atoms with Gasteiger partial charge in [-0.25, -0.2) is 0 Å². The zero-order valence-electron chi connectivity index (χ0n) is 16.3. The van der Waals surface area contributed by atoms with Crippen molar-refractivity contribution in [1.82, 2.24) is 10.2 Å². The molecule has 2 saturated heterocycles. The van der Waals surface area contributed by atoms with Gasteiger partial charge in [0, 0.05) is 24.6 Å². The van der Waals surface area contributed by atoms with Crippen LogP contribution in [-0.2, 0) is 24.7 Å². The average Bonchev–Trinajstić information content (AvgIpc) is 3.20. The van der Waals surface area contributed by atoms with Crippen molar-refractivity contribution in [3.05, 3.63) is 28.3 Å². The Kier molecular flexibility index (Phi) is 4.66. The molecule has 4 rings (SSSR count).